The highest BCUT2D eigenvalue weighted by Gasteiger charge is 2.14. The number of benzene rings is 2. The fraction of sp³-hybridized carbons (Fsp3) is 0.235. The first-order valence-corrected chi connectivity index (χ1v) is 8.17. The van der Waals surface area contributed by atoms with Gasteiger partial charge in [0.15, 0.2) is 0 Å². The molecule has 4 nitrogen and oxygen atoms in total. The number of methoxy groups -OCH3 is 1. The van der Waals surface area contributed by atoms with E-state index in [1.165, 1.54) is 0 Å². The van der Waals surface area contributed by atoms with E-state index in [-0.39, 0.29) is 5.91 Å². The zero-order chi connectivity index (χ0) is 15.9. The summed E-state index contributed by atoms with van der Waals surface area (Å²) in [7, 11) is 1.56. The molecule has 116 valence electrons. The summed E-state index contributed by atoms with van der Waals surface area (Å²) in [5, 5.41) is 2.87. The molecule has 0 aliphatic rings. The largest absolute Gasteiger partial charge is 0.496 e. The molecule has 0 fully saturated rings. The molecule has 0 spiro atoms. The number of anilines is 1. The smallest absolute Gasteiger partial charge is 0.259 e. The van der Waals surface area contributed by atoms with Crippen LogP contribution in [0.25, 0.3) is 0 Å². The van der Waals surface area contributed by atoms with Crippen molar-refractivity contribution in [2.24, 2.45) is 0 Å². The van der Waals surface area contributed by atoms with Crippen molar-refractivity contribution in [3.8, 4) is 11.5 Å². The Morgan fingerprint density at radius 2 is 1.95 bits per heavy atom. The molecule has 5 heteroatoms. The second-order valence-electron chi connectivity index (χ2n) is 4.45. The van der Waals surface area contributed by atoms with E-state index in [9.17, 15) is 4.79 Å². The van der Waals surface area contributed by atoms with Crippen molar-refractivity contribution in [3.63, 3.8) is 0 Å². The fourth-order valence-corrected chi connectivity index (χ4v) is 2.46. The van der Waals surface area contributed by atoms with Gasteiger partial charge >= 0.3 is 0 Å². The van der Waals surface area contributed by atoms with Crippen molar-refractivity contribution < 1.29 is 14.3 Å². The summed E-state index contributed by atoms with van der Waals surface area (Å²) in [5.41, 5.74) is 1.14. The van der Waals surface area contributed by atoms with E-state index in [0.717, 1.165) is 4.90 Å². The first-order valence-electron chi connectivity index (χ1n) is 6.94. The van der Waals surface area contributed by atoms with Crippen LogP contribution >= 0.6 is 11.8 Å². The van der Waals surface area contributed by atoms with E-state index in [4.69, 9.17) is 9.47 Å². The van der Waals surface area contributed by atoms with Crippen molar-refractivity contribution >= 4 is 23.4 Å². The summed E-state index contributed by atoms with van der Waals surface area (Å²) in [6.45, 7) is 2.45. The molecule has 22 heavy (non-hydrogen) atoms. The van der Waals surface area contributed by atoms with Crippen LogP contribution in [0, 0.1) is 0 Å². The number of thioether (sulfide) groups is 1. The van der Waals surface area contributed by atoms with Crippen LogP contribution in [0.1, 0.15) is 17.3 Å². The summed E-state index contributed by atoms with van der Waals surface area (Å²) in [4.78, 5) is 13.5. The summed E-state index contributed by atoms with van der Waals surface area (Å²) < 4.78 is 10.8. The Labute approximate surface area is 134 Å². The number of carbonyl (C=O) groups is 1. The number of ether oxygens (including phenoxy) is 2. The zero-order valence-corrected chi connectivity index (χ0v) is 13.7. The molecule has 1 N–H and O–H groups in total. The minimum Gasteiger partial charge on any atom is -0.496 e. The summed E-state index contributed by atoms with van der Waals surface area (Å²) >= 11 is 1.60. The second-order valence-corrected chi connectivity index (χ2v) is 5.33. The topological polar surface area (TPSA) is 47.6 Å². The molecule has 2 aromatic rings. The molecule has 0 unspecified atom stereocenters. The molecule has 0 bridgehead atoms. The highest BCUT2D eigenvalue weighted by atomic mass is 32.2. The molecule has 0 aliphatic carbocycles. The van der Waals surface area contributed by atoms with Crippen LogP contribution in [-0.2, 0) is 0 Å². The lowest BCUT2D eigenvalue weighted by molar-refractivity contribution is 0.102. The third-order valence-corrected chi connectivity index (χ3v) is 3.81. The molecule has 0 atom stereocenters. The van der Waals surface area contributed by atoms with Crippen molar-refractivity contribution in [2.75, 3.05) is 25.3 Å². The minimum absolute atomic E-state index is 0.225. The van der Waals surface area contributed by atoms with Crippen molar-refractivity contribution in [2.45, 2.75) is 11.8 Å². The summed E-state index contributed by atoms with van der Waals surface area (Å²) in [5.74, 6) is 0.980. The van der Waals surface area contributed by atoms with Crippen LogP contribution in [0.3, 0.4) is 0 Å². The van der Waals surface area contributed by atoms with Crippen LogP contribution in [0.4, 0.5) is 5.69 Å². The molecule has 0 heterocycles. The molecule has 0 aromatic heterocycles. The van der Waals surface area contributed by atoms with Gasteiger partial charge in [-0.1, -0.05) is 12.1 Å². The molecule has 0 radical (unpaired) electrons. The van der Waals surface area contributed by atoms with Crippen molar-refractivity contribution in [1.82, 2.24) is 0 Å². The zero-order valence-electron chi connectivity index (χ0n) is 12.9. The number of carbonyl (C=O) groups excluding carboxylic acids is 1. The maximum Gasteiger partial charge on any atom is 0.259 e. The van der Waals surface area contributed by atoms with Gasteiger partial charge in [-0.05, 0) is 43.5 Å². The van der Waals surface area contributed by atoms with Gasteiger partial charge < -0.3 is 14.8 Å². The average Bonchev–Trinajstić information content (AvgIpc) is 2.56. The second kappa shape index (κ2) is 7.75. The molecule has 0 saturated heterocycles. The fourth-order valence-electron chi connectivity index (χ4n) is 2.03. The van der Waals surface area contributed by atoms with Gasteiger partial charge in [0.2, 0.25) is 0 Å². The van der Waals surface area contributed by atoms with Crippen molar-refractivity contribution in [3.05, 3.63) is 48.0 Å². The molecule has 0 saturated carbocycles. The molecule has 2 rings (SSSR count). The van der Waals surface area contributed by atoms with Crippen molar-refractivity contribution in [1.29, 1.82) is 0 Å². The summed E-state index contributed by atoms with van der Waals surface area (Å²) in [6, 6.07) is 12.9. The normalized spacial score (nSPS) is 10.1. The quantitative estimate of drug-likeness (QED) is 0.816. The van der Waals surface area contributed by atoms with E-state index >= 15 is 0 Å². The van der Waals surface area contributed by atoms with E-state index in [1.807, 2.05) is 49.6 Å². The number of hydrogen-bond donors (Lipinski definition) is 1. The molecule has 0 aliphatic heterocycles. The van der Waals surface area contributed by atoms with Crippen LogP contribution in [-0.4, -0.2) is 25.9 Å². The lowest BCUT2D eigenvalue weighted by Gasteiger charge is -2.13. The van der Waals surface area contributed by atoms with Crippen LogP contribution in [0.15, 0.2) is 47.4 Å². The average molecular weight is 317 g/mol. The molecular weight excluding hydrogens is 298 g/mol. The van der Waals surface area contributed by atoms with Gasteiger partial charge in [-0.25, -0.2) is 0 Å². The lowest BCUT2D eigenvalue weighted by Crippen LogP contribution is -2.14. The van der Waals surface area contributed by atoms with Crippen LogP contribution in [0.2, 0.25) is 0 Å². The van der Waals surface area contributed by atoms with E-state index in [0.29, 0.717) is 29.4 Å². The SMILES string of the molecule is CCOc1ccccc1NC(=O)c1ccc(SC)cc1OC. The standard InChI is InChI=1S/C17H19NO3S/c1-4-21-15-8-6-5-7-14(15)18-17(19)13-10-9-12(22-3)11-16(13)20-2/h5-11H,4H2,1-3H3,(H,18,19). The van der Waals surface area contributed by atoms with Gasteiger partial charge in [-0.15, -0.1) is 11.8 Å². The number of rotatable bonds is 6. The summed E-state index contributed by atoms with van der Waals surface area (Å²) in [6.07, 6.45) is 1.98. The monoisotopic (exact) mass is 317 g/mol. The number of amides is 1. The number of nitrogens with one attached hydrogen (secondary N) is 1. The van der Waals surface area contributed by atoms with Gasteiger partial charge in [0.25, 0.3) is 5.91 Å². The Kier molecular flexibility index (Phi) is 5.72. The van der Waals surface area contributed by atoms with E-state index < -0.39 is 0 Å². The maximum atomic E-state index is 12.5. The highest BCUT2D eigenvalue weighted by Crippen LogP contribution is 2.28. The number of hydrogen-bond acceptors (Lipinski definition) is 4. The number of para-hydroxylation sites is 2. The Bertz CT molecular complexity index is 658. The van der Waals surface area contributed by atoms with Gasteiger partial charge in [-0.3, -0.25) is 4.79 Å². The Morgan fingerprint density at radius 1 is 1.18 bits per heavy atom. The highest BCUT2D eigenvalue weighted by molar-refractivity contribution is 7.98. The van der Waals surface area contributed by atoms with Gasteiger partial charge in [0.05, 0.1) is 25.0 Å². The van der Waals surface area contributed by atoms with Crippen LogP contribution in [0.5, 0.6) is 11.5 Å². The molecular formula is C17H19NO3S. The van der Waals surface area contributed by atoms with Gasteiger partial charge in [0.1, 0.15) is 11.5 Å². The third kappa shape index (κ3) is 3.74. The first kappa shape index (κ1) is 16.2. The van der Waals surface area contributed by atoms with Crippen LogP contribution < -0.4 is 14.8 Å². The maximum absolute atomic E-state index is 12.5. The van der Waals surface area contributed by atoms with E-state index in [1.54, 1.807) is 24.9 Å². The first-order chi connectivity index (χ1) is 10.7. The Morgan fingerprint density at radius 3 is 2.64 bits per heavy atom. The van der Waals surface area contributed by atoms with Gasteiger partial charge in [0, 0.05) is 4.90 Å². The third-order valence-electron chi connectivity index (χ3n) is 3.09. The Balaban J connectivity index is 2.26. The lowest BCUT2D eigenvalue weighted by atomic mass is 10.1. The molecule has 2 aromatic carbocycles. The minimum atomic E-state index is -0.225. The Hall–Kier alpha value is -2.14. The van der Waals surface area contributed by atoms with Gasteiger partial charge in [-0.2, -0.15) is 0 Å². The molecule has 1 amide bonds. The predicted molar refractivity (Wildman–Crippen MR) is 90.3 cm³/mol. The predicted octanol–water partition coefficient (Wildman–Crippen LogP) is 4.07. The van der Waals surface area contributed by atoms with E-state index in [2.05, 4.69) is 5.32 Å².